The molecule has 1 aromatic carbocycles. The van der Waals surface area contributed by atoms with Crippen LogP contribution in [0.15, 0.2) is 27.5 Å². The van der Waals surface area contributed by atoms with Gasteiger partial charge < -0.3 is 4.42 Å². The number of aryl methyl sites for hydroxylation is 2. The van der Waals surface area contributed by atoms with E-state index in [1.165, 1.54) is 22.9 Å². The van der Waals surface area contributed by atoms with Crippen LogP contribution in [0.4, 0.5) is 6.01 Å². The van der Waals surface area contributed by atoms with Crippen molar-refractivity contribution in [2.45, 2.75) is 38.5 Å². The Bertz CT molecular complexity index is 638. The van der Waals surface area contributed by atoms with Crippen molar-refractivity contribution in [2.24, 2.45) is 0 Å². The van der Waals surface area contributed by atoms with E-state index in [0.29, 0.717) is 11.6 Å². The van der Waals surface area contributed by atoms with Crippen LogP contribution in [-0.4, -0.2) is 21.9 Å². The minimum absolute atomic E-state index is 0.146. The van der Waals surface area contributed by atoms with Gasteiger partial charge in [-0.15, -0.1) is 16.9 Å². The monoisotopic (exact) mass is 305 g/mol. The van der Waals surface area contributed by atoms with Gasteiger partial charge in [0, 0.05) is 10.8 Å². The first kappa shape index (κ1) is 15.6. The average Bonchev–Trinajstić information content (AvgIpc) is 2.86. The largest absolute Gasteiger partial charge is 0.408 e. The Hall–Kier alpha value is -1.82. The quantitative estimate of drug-likeness (QED) is 0.856. The van der Waals surface area contributed by atoms with E-state index in [1.54, 1.807) is 0 Å². The maximum atomic E-state index is 11.9. The fourth-order valence-corrected chi connectivity index (χ4v) is 2.59. The molecule has 0 fully saturated rings. The standard InChI is InChI=1S/C15H19N3O2S/c1-9(2)14-17-18-15(20-14)16-13(19)8-21-12-6-5-10(3)7-11(12)4/h5-7,9H,8H2,1-4H3,(H,16,18,19). The van der Waals surface area contributed by atoms with Gasteiger partial charge in [0.2, 0.25) is 11.8 Å². The Balaban J connectivity index is 1.89. The van der Waals surface area contributed by atoms with Crippen molar-refractivity contribution in [3.8, 4) is 0 Å². The van der Waals surface area contributed by atoms with Gasteiger partial charge >= 0.3 is 6.01 Å². The number of carbonyl (C=O) groups is 1. The lowest BCUT2D eigenvalue weighted by Gasteiger charge is -2.06. The molecule has 0 aliphatic rings. The van der Waals surface area contributed by atoms with Crippen LogP contribution in [0.3, 0.4) is 0 Å². The highest BCUT2D eigenvalue weighted by atomic mass is 32.2. The number of aromatic nitrogens is 2. The second-order valence-electron chi connectivity index (χ2n) is 5.21. The summed E-state index contributed by atoms with van der Waals surface area (Å²) in [6.45, 7) is 8.00. The lowest BCUT2D eigenvalue weighted by atomic mass is 10.2. The van der Waals surface area contributed by atoms with Crippen LogP contribution >= 0.6 is 11.8 Å². The predicted octanol–water partition coefficient (Wildman–Crippen LogP) is 3.54. The number of thioether (sulfide) groups is 1. The zero-order chi connectivity index (χ0) is 15.4. The van der Waals surface area contributed by atoms with Crippen LogP contribution in [0, 0.1) is 13.8 Å². The van der Waals surface area contributed by atoms with Gasteiger partial charge in [-0.2, -0.15) is 0 Å². The van der Waals surface area contributed by atoms with Gasteiger partial charge in [0.05, 0.1) is 5.75 Å². The van der Waals surface area contributed by atoms with E-state index in [4.69, 9.17) is 4.42 Å². The summed E-state index contributed by atoms with van der Waals surface area (Å²) in [6.07, 6.45) is 0. The SMILES string of the molecule is Cc1ccc(SCC(=O)Nc2nnc(C(C)C)o2)c(C)c1. The molecule has 2 rings (SSSR count). The molecule has 0 aliphatic carbocycles. The third kappa shape index (κ3) is 4.32. The van der Waals surface area contributed by atoms with E-state index >= 15 is 0 Å². The number of hydrogen-bond donors (Lipinski definition) is 1. The highest BCUT2D eigenvalue weighted by Crippen LogP contribution is 2.23. The molecule has 1 heterocycles. The third-order valence-electron chi connectivity index (χ3n) is 2.87. The van der Waals surface area contributed by atoms with E-state index in [2.05, 4.69) is 28.5 Å². The fraction of sp³-hybridized carbons (Fsp3) is 0.400. The van der Waals surface area contributed by atoms with Crippen molar-refractivity contribution in [1.82, 2.24) is 10.2 Å². The number of nitrogens with zero attached hydrogens (tertiary/aromatic N) is 2. The smallest absolute Gasteiger partial charge is 0.322 e. The van der Waals surface area contributed by atoms with Crippen molar-refractivity contribution < 1.29 is 9.21 Å². The van der Waals surface area contributed by atoms with Gasteiger partial charge in [0.15, 0.2) is 0 Å². The van der Waals surface area contributed by atoms with Crippen LogP contribution in [0.25, 0.3) is 0 Å². The maximum Gasteiger partial charge on any atom is 0.322 e. The van der Waals surface area contributed by atoms with Gasteiger partial charge in [-0.25, -0.2) is 0 Å². The lowest BCUT2D eigenvalue weighted by molar-refractivity contribution is -0.113. The highest BCUT2D eigenvalue weighted by Gasteiger charge is 2.12. The number of nitrogens with one attached hydrogen (secondary N) is 1. The second kappa shape index (κ2) is 6.76. The molecular weight excluding hydrogens is 286 g/mol. The first-order valence-corrected chi connectivity index (χ1v) is 7.77. The van der Waals surface area contributed by atoms with E-state index in [-0.39, 0.29) is 17.8 Å². The fourth-order valence-electron chi connectivity index (χ4n) is 1.78. The van der Waals surface area contributed by atoms with E-state index in [9.17, 15) is 4.79 Å². The highest BCUT2D eigenvalue weighted by molar-refractivity contribution is 8.00. The normalized spacial score (nSPS) is 10.9. The molecule has 0 saturated carbocycles. The summed E-state index contributed by atoms with van der Waals surface area (Å²) in [5, 5.41) is 10.3. The molecule has 0 bridgehead atoms. The summed E-state index contributed by atoms with van der Waals surface area (Å²) in [5.41, 5.74) is 2.39. The molecule has 0 atom stereocenters. The van der Waals surface area contributed by atoms with Crippen molar-refractivity contribution in [2.75, 3.05) is 11.1 Å². The molecule has 1 amide bonds. The predicted molar refractivity (Wildman–Crippen MR) is 83.7 cm³/mol. The van der Waals surface area contributed by atoms with E-state index in [1.807, 2.05) is 32.9 Å². The number of rotatable bonds is 5. The number of anilines is 1. The third-order valence-corrected chi connectivity index (χ3v) is 4.05. The van der Waals surface area contributed by atoms with Crippen LogP contribution in [-0.2, 0) is 4.79 Å². The Labute approximate surface area is 128 Å². The summed E-state index contributed by atoms with van der Waals surface area (Å²) in [5.74, 6) is 0.822. The maximum absolute atomic E-state index is 11.9. The zero-order valence-electron chi connectivity index (χ0n) is 12.6. The van der Waals surface area contributed by atoms with Crippen molar-refractivity contribution in [3.63, 3.8) is 0 Å². The minimum atomic E-state index is -0.154. The number of hydrogen-bond acceptors (Lipinski definition) is 5. The molecule has 0 saturated heterocycles. The zero-order valence-corrected chi connectivity index (χ0v) is 13.5. The van der Waals surface area contributed by atoms with Crippen molar-refractivity contribution in [3.05, 3.63) is 35.2 Å². The Morgan fingerprint density at radius 2 is 2.10 bits per heavy atom. The van der Waals surface area contributed by atoms with Gasteiger partial charge in [0.25, 0.3) is 0 Å². The number of carbonyl (C=O) groups excluding carboxylic acids is 1. The van der Waals surface area contributed by atoms with Crippen LogP contribution in [0.2, 0.25) is 0 Å². The average molecular weight is 305 g/mol. The van der Waals surface area contributed by atoms with E-state index in [0.717, 1.165) is 4.90 Å². The minimum Gasteiger partial charge on any atom is -0.408 e. The van der Waals surface area contributed by atoms with E-state index < -0.39 is 0 Å². The summed E-state index contributed by atoms with van der Waals surface area (Å²) in [6, 6.07) is 6.34. The van der Waals surface area contributed by atoms with Crippen LogP contribution < -0.4 is 5.32 Å². The molecular formula is C15H19N3O2S. The summed E-state index contributed by atoms with van der Waals surface area (Å²) >= 11 is 1.49. The topological polar surface area (TPSA) is 68.0 Å². The number of benzene rings is 1. The van der Waals surface area contributed by atoms with Crippen LogP contribution in [0.1, 0.15) is 36.8 Å². The van der Waals surface area contributed by atoms with Gasteiger partial charge in [0.1, 0.15) is 0 Å². The first-order chi connectivity index (χ1) is 9.95. The summed E-state index contributed by atoms with van der Waals surface area (Å²) < 4.78 is 5.34. The molecule has 2 aromatic rings. The Morgan fingerprint density at radius 1 is 1.33 bits per heavy atom. The summed E-state index contributed by atoms with van der Waals surface area (Å²) in [7, 11) is 0. The second-order valence-corrected chi connectivity index (χ2v) is 6.22. The first-order valence-electron chi connectivity index (χ1n) is 6.79. The molecule has 1 aromatic heterocycles. The molecule has 0 unspecified atom stereocenters. The molecule has 0 aliphatic heterocycles. The van der Waals surface area contributed by atoms with Gasteiger partial charge in [-0.3, -0.25) is 10.1 Å². The molecule has 112 valence electrons. The molecule has 6 heteroatoms. The lowest BCUT2D eigenvalue weighted by Crippen LogP contribution is -2.14. The van der Waals surface area contributed by atoms with Crippen molar-refractivity contribution >= 4 is 23.7 Å². The van der Waals surface area contributed by atoms with Gasteiger partial charge in [-0.05, 0) is 25.5 Å². The Kier molecular flexibility index (Phi) is 5.01. The van der Waals surface area contributed by atoms with Crippen molar-refractivity contribution in [1.29, 1.82) is 0 Å². The molecule has 0 spiro atoms. The molecule has 5 nitrogen and oxygen atoms in total. The molecule has 0 radical (unpaired) electrons. The van der Waals surface area contributed by atoms with Crippen LogP contribution in [0.5, 0.6) is 0 Å². The molecule has 1 N–H and O–H groups in total. The number of amides is 1. The van der Waals surface area contributed by atoms with Gasteiger partial charge in [-0.1, -0.05) is 36.6 Å². The molecule has 21 heavy (non-hydrogen) atoms. The summed E-state index contributed by atoms with van der Waals surface area (Å²) in [4.78, 5) is 13.0. The Morgan fingerprint density at radius 3 is 2.71 bits per heavy atom.